The van der Waals surface area contributed by atoms with Gasteiger partial charge in [-0.25, -0.2) is 4.98 Å². The van der Waals surface area contributed by atoms with E-state index in [1.807, 2.05) is 24.3 Å². The Bertz CT molecular complexity index is 1270. The third-order valence-electron chi connectivity index (χ3n) is 3.91. The molecule has 0 atom stereocenters. The number of hydrogen-bond donors (Lipinski definition) is 0. The molecule has 0 saturated heterocycles. The van der Waals surface area contributed by atoms with Crippen LogP contribution in [0.4, 0.5) is 5.69 Å². The number of nitro groups is 1. The molecule has 0 radical (unpaired) electrons. The molecule has 2 heterocycles. The third-order valence-corrected chi connectivity index (χ3v) is 6.25. The molecule has 0 bridgehead atoms. The van der Waals surface area contributed by atoms with Crippen LogP contribution in [0.15, 0.2) is 68.3 Å². The van der Waals surface area contributed by atoms with Gasteiger partial charge in [0.05, 0.1) is 25.1 Å². The van der Waals surface area contributed by atoms with Crippen molar-refractivity contribution in [2.75, 3.05) is 0 Å². The van der Waals surface area contributed by atoms with Crippen LogP contribution in [-0.4, -0.2) is 9.91 Å². The Hall–Kier alpha value is -3.12. The van der Waals surface area contributed by atoms with Crippen LogP contribution in [0.1, 0.15) is 5.76 Å². The summed E-state index contributed by atoms with van der Waals surface area (Å²) < 4.78 is 7.59. The maximum absolute atomic E-state index is 10.8. The molecule has 0 fully saturated rings. The van der Waals surface area contributed by atoms with Crippen LogP contribution in [0, 0.1) is 21.4 Å². The second-order valence-corrected chi connectivity index (χ2v) is 8.52. The van der Waals surface area contributed by atoms with Gasteiger partial charge in [0.1, 0.15) is 17.6 Å². The van der Waals surface area contributed by atoms with E-state index in [1.165, 1.54) is 41.3 Å². The number of allylic oxidation sites excluding steroid dienone is 1. The van der Waals surface area contributed by atoms with Crippen LogP contribution in [0.2, 0.25) is 5.02 Å². The zero-order valence-electron chi connectivity index (χ0n) is 14.5. The van der Waals surface area contributed by atoms with E-state index in [1.54, 1.807) is 18.2 Å². The highest BCUT2D eigenvalue weighted by Crippen LogP contribution is 2.36. The van der Waals surface area contributed by atoms with E-state index in [4.69, 9.17) is 16.0 Å². The molecule has 2 aromatic carbocycles. The molecule has 0 amide bonds. The fraction of sp³-hybridized carbons (Fsp3) is 0. The molecule has 29 heavy (non-hydrogen) atoms. The van der Waals surface area contributed by atoms with E-state index in [0.717, 1.165) is 14.6 Å². The maximum Gasteiger partial charge on any atom is 0.270 e. The summed E-state index contributed by atoms with van der Waals surface area (Å²) in [5.74, 6) is 0.929. The number of non-ortho nitro benzene ring substituents is 1. The minimum Gasteiger partial charge on any atom is -0.457 e. The normalized spacial score (nSPS) is 11.5. The topological polar surface area (TPSA) is 93.0 Å². The van der Waals surface area contributed by atoms with Gasteiger partial charge in [0.15, 0.2) is 4.34 Å². The number of nitro benzene ring substituents is 1. The summed E-state index contributed by atoms with van der Waals surface area (Å²) in [5.41, 5.74) is 1.34. The van der Waals surface area contributed by atoms with Crippen molar-refractivity contribution in [2.24, 2.45) is 0 Å². The Kier molecular flexibility index (Phi) is 5.36. The number of fused-ring (bicyclic) bond motifs is 1. The first-order valence-corrected chi connectivity index (χ1v) is 10.2. The van der Waals surface area contributed by atoms with E-state index in [-0.39, 0.29) is 10.7 Å². The van der Waals surface area contributed by atoms with Gasteiger partial charge in [-0.05, 0) is 42.1 Å². The van der Waals surface area contributed by atoms with E-state index >= 15 is 0 Å². The molecule has 0 N–H and O–H groups in total. The number of furan rings is 1. The predicted octanol–water partition coefficient (Wildman–Crippen LogP) is 6.77. The fourth-order valence-electron chi connectivity index (χ4n) is 2.60. The van der Waals surface area contributed by atoms with Crippen LogP contribution >= 0.6 is 34.7 Å². The zero-order chi connectivity index (χ0) is 20.4. The van der Waals surface area contributed by atoms with Gasteiger partial charge in [0.2, 0.25) is 0 Å². The van der Waals surface area contributed by atoms with Crippen molar-refractivity contribution in [3.8, 4) is 17.4 Å². The summed E-state index contributed by atoms with van der Waals surface area (Å²) in [6.07, 6.45) is 1.62. The average molecular weight is 440 g/mol. The first-order valence-electron chi connectivity index (χ1n) is 8.23. The first-order chi connectivity index (χ1) is 14.0. The SMILES string of the molecule is N#C/C(=C\c1ccc(-c2ccc([N+](=O)[O-])cc2Cl)o1)Sc1nc2ccccc2s1. The monoisotopic (exact) mass is 439 g/mol. The van der Waals surface area contributed by atoms with Crippen molar-refractivity contribution >= 4 is 56.7 Å². The molecule has 142 valence electrons. The second-order valence-electron chi connectivity index (χ2n) is 5.79. The van der Waals surface area contributed by atoms with Gasteiger partial charge in [0, 0.05) is 23.8 Å². The molecule has 4 aromatic rings. The molecule has 4 rings (SSSR count). The van der Waals surface area contributed by atoms with Crippen LogP contribution < -0.4 is 0 Å². The molecule has 6 nitrogen and oxygen atoms in total. The first kappa shape index (κ1) is 19.2. The highest BCUT2D eigenvalue weighted by molar-refractivity contribution is 8.05. The molecule has 0 aliphatic carbocycles. The van der Waals surface area contributed by atoms with E-state index in [9.17, 15) is 15.4 Å². The summed E-state index contributed by atoms with van der Waals surface area (Å²) in [6, 6.07) is 17.5. The Morgan fingerprint density at radius 2 is 2.10 bits per heavy atom. The van der Waals surface area contributed by atoms with Crippen molar-refractivity contribution < 1.29 is 9.34 Å². The van der Waals surface area contributed by atoms with Crippen molar-refractivity contribution in [1.29, 1.82) is 5.26 Å². The van der Waals surface area contributed by atoms with E-state index in [2.05, 4.69) is 11.1 Å². The summed E-state index contributed by atoms with van der Waals surface area (Å²) in [6.45, 7) is 0. The van der Waals surface area contributed by atoms with Gasteiger partial charge in [0.25, 0.3) is 5.69 Å². The van der Waals surface area contributed by atoms with Crippen LogP contribution in [0.3, 0.4) is 0 Å². The number of aromatic nitrogens is 1. The van der Waals surface area contributed by atoms with Crippen LogP contribution in [0.5, 0.6) is 0 Å². The minimum absolute atomic E-state index is 0.0931. The van der Waals surface area contributed by atoms with Crippen molar-refractivity contribution in [3.05, 3.63) is 80.4 Å². The largest absolute Gasteiger partial charge is 0.457 e. The fourth-order valence-corrected chi connectivity index (χ4v) is 4.82. The van der Waals surface area contributed by atoms with Gasteiger partial charge in [-0.2, -0.15) is 5.26 Å². The number of benzene rings is 2. The molecule has 2 aromatic heterocycles. The Morgan fingerprint density at radius 3 is 2.83 bits per heavy atom. The number of hydrogen-bond acceptors (Lipinski definition) is 7. The molecule has 0 unspecified atom stereocenters. The minimum atomic E-state index is -0.510. The summed E-state index contributed by atoms with van der Waals surface area (Å²) >= 11 is 8.94. The third kappa shape index (κ3) is 4.17. The van der Waals surface area contributed by atoms with Gasteiger partial charge < -0.3 is 4.42 Å². The number of rotatable bonds is 5. The number of halogens is 1. The number of para-hydroxylation sites is 1. The molecule has 0 aliphatic heterocycles. The predicted molar refractivity (Wildman–Crippen MR) is 115 cm³/mol. The lowest BCUT2D eigenvalue weighted by molar-refractivity contribution is -0.384. The Balaban J connectivity index is 1.58. The van der Waals surface area contributed by atoms with Crippen molar-refractivity contribution in [3.63, 3.8) is 0 Å². The lowest BCUT2D eigenvalue weighted by Crippen LogP contribution is -1.88. The number of thiazole rings is 1. The van der Waals surface area contributed by atoms with Crippen molar-refractivity contribution in [2.45, 2.75) is 4.34 Å². The van der Waals surface area contributed by atoms with Gasteiger partial charge in [-0.1, -0.05) is 23.7 Å². The van der Waals surface area contributed by atoms with Gasteiger partial charge in [-0.3, -0.25) is 10.1 Å². The van der Waals surface area contributed by atoms with E-state index < -0.39 is 4.92 Å². The molecule has 0 saturated carbocycles. The zero-order valence-corrected chi connectivity index (χ0v) is 16.9. The highest BCUT2D eigenvalue weighted by atomic mass is 35.5. The molecule has 0 spiro atoms. The van der Waals surface area contributed by atoms with Crippen LogP contribution in [-0.2, 0) is 0 Å². The Morgan fingerprint density at radius 1 is 1.28 bits per heavy atom. The Labute approximate surface area is 178 Å². The highest BCUT2D eigenvalue weighted by Gasteiger charge is 2.14. The van der Waals surface area contributed by atoms with E-state index in [0.29, 0.717) is 22.0 Å². The molecular formula is C20H10ClN3O3S2. The second kappa shape index (κ2) is 8.09. The smallest absolute Gasteiger partial charge is 0.270 e. The molecule has 0 aliphatic rings. The number of nitriles is 1. The lowest BCUT2D eigenvalue weighted by Gasteiger charge is -2.00. The lowest BCUT2D eigenvalue weighted by atomic mass is 10.1. The summed E-state index contributed by atoms with van der Waals surface area (Å²) in [7, 11) is 0. The maximum atomic E-state index is 10.8. The summed E-state index contributed by atoms with van der Waals surface area (Å²) in [5, 5.41) is 20.5. The number of thioether (sulfide) groups is 1. The van der Waals surface area contributed by atoms with Gasteiger partial charge >= 0.3 is 0 Å². The average Bonchev–Trinajstić information content (AvgIpc) is 3.33. The summed E-state index contributed by atoms with van der Waals surface area (Å²) in [4.78, 5) is 15.3. The molecular weight excluding hydrogens is 430 g/mol. The van der Waals surface area contributed by atoms with Crippen LogP contribution in [0.25, 0.3) is 27.6 Å². The quantitative estimate of drug-likeness (QED) is 0.147. The standard InChI is InChI=1S/C20H10ClN3O3S2/c21-16-9-12(24(25)26)5-7-15(16)18-8-6-13(27-18)10-14(11-22)28-20-23-17-3-1-2-4-19(17)29-20/h1-10H/b14-10+. The van der Waals surface area contributed by atoms with Crippen molar-refractivity contribution in [1.82, 2.24) is 4.98 Å². The van der Waals surface area contributed by atoms with Gasteiger partial charge in [-0.15, -0.1) is 11.3 Å². The molecule has 9 heteroatoms. The number of nitrogens with zero attached hydrogens (tertiary/aromatic N) is 3.